The Morgan fingerprint density at radius 2 is 2.09 bits per heavy atom. The van der Waals surface area contributed by atoms with E-state index < -0.39 is 0 Å². The van der Waals surface area contributed by atoms with E-state index in [4.69, 9.17) is 4.42 Å². The summed E-state index contributed by atoms with van der Waals surface area (Å²) >= 11 is 1.31. The van der Waals surface area contributed by atoms with Crippen LogP contribution in [0, 0.1) is 6.92 Å². The van der Waals surface area contributed by atoms with Crippen molar-refractivity contribution in [1.82, 2.24) is 14.9 Å². The van der Waals surface area contributed by atoms with E-state index in [1.165, 1.54) is 11.5 Å². The van der Waals surface area contributed by atoms with Gasteiger partial charge in [-0.3, -0.25) is 4.79 Å². The molecule has 0 aliphatic carbocycles. The number of hydrogen-bond acceptors (Lipinski definition) is 5. The van der Waals surface area contributed by atoms with Crippen LogP contribution in [-0.4, -0.2) is 15.5 Å². The van der Waals surface area contributed by atoms with Crippen molar-refractivity contribution in [2.75, 3.05) is 0 Å². The van der Waals surface area contributed by atoms with E-state index in [9.17, 15) is 4.79 Å². The molecule has 0 radical (unpaired) electrons. The van der Waals surface area contributed by atoms with Gasteiger partial charge in [0.2, 0.25) is 5.91 Å². The fraction of sp³-hybridized carbons (Fsp3) is 0.235. The van der Waals surface area contributed by atoms with Gasteiger partial charge in [0.25, 0.3) is 0 Å². The highest BCUT2D eigenvalue weighted by molar-refractivity contribution is 7.05. The lowest BCUT2D eigenvalue weighted by Gasteiger charge is -2.15. The molecule has 0 spiro atoms. The normalized spacial score (nSPS) is 12.0. The quantitative estimate of drug-likeness (QED) is 0.754. The lowest BCUT2D eigenvalue weighted by Crippen LogP contribution is -2.24. The Hall–Kier alpha value is -2.47. The first-order valence-corrected chi connectivity index (χ1v) is 8.14. The summed E-state index contributed by atoms with van der Waals surface area (Å²) in [6.07, 6.45) is 1.97. The number of rotatable bonds is 6. The second-order valence-electron chi connectivity index (χ2n) is 5.24. The third kappa shape index (κ3) is 3.84. The minimum absolute atomic E-state index is 0.0250. The molecule has 2 aromatic heterocycles. The molecule has 23 heavy (non-hydrogen) atoms. The van der Waals surface area contributed by atoms with Crippen molar-refractivity contribution in [2.24, 2.45) is 0 Å². The highest BCUT2D eigenvalue weighted by atomic mass is 32.1. The lowest BCUT2D eigenvalue weighted by atomic mass is 9.93. The van der Waals surface area contributed by atoms with E-state index in [1.54, 1.807) is 6.26 Å². The van der Waals surface area contributed by atoms with Gasteiger partial charge in [0.05, 0.1) is 29.3 Å². The van der Waals surface area contributed by atoms with E-state index in [0.717, 1.165) is 21.9 Å². The number of nitrogens with one attached hydrogen (secondary N) is 1. The van der Waals surface area contributed by atoms with Crippen LogP contribution >= 0.6 is 11.5 Å². The number of furan rings is 1. The topological polar surface area (TPSA) is 68.0 Å². The maximum Gasteiger partial charge on any atom is 0.221 e. The molecule has 1 aromatic carbocycles. The molecule has 3 rings (SSSR count). The SMILES string of the molecule is Cc1nnsc1CNC(=O)C[C@@H](c1ccccc1)c1ccco1. The first-order valence-electron chi connectivity index (χ1n) is 7.37. The molecular formula is C17H17N3O2S. The summed E-state index contributed by atoms with van der Waals surface area (Å²) in [5, 5.41) is 6.88. The van der Waals surface area contributed by atoms with Crippen LogP contribution in [0.1, 0.15) is 34.2 Å². The summed E-state index contributed by atoms with van der Waals surface area (Å²) in [7, 11) is 0. The average molecular weight is 327 g/mol. The second-order valence-corrected chi connectivity index (χ2v) is 6.08. The number of carbonyl (C=O) groups excluding carboxylic acids is 1. The zero-order chi connectivity index (χ0) is 16.1. The molecule has 1 atom stereocenters. The monoisotopic (exact) mass is 327 g/mol. The Bertz CT molecular complexity index is 753. The summed E-state index contributed by atoms with van der Waals surface area (Å²) in [6.45, 7) is 2.35. The van der Waals surface area contributed by atoms with Gasteiger partial charge in [-0.15, -0.1) is 5.10 Å². The van der Waals surface area contributed by atoms with Crippen molar-refractivity contribution >= 4 is 17.4 Å². The molecule has 1 amide bonds. The molecule has 0 saturated carbocycles. The molecular weight excluding hydrogens is 310 g/mol. The van der Waals surface area contributed by atoms with Gasteiger partial charge in [0.15, 0.2) is 0 Å². The molecule has 0 saturated heterocycles. The molecule has 0 aliphatic rings. The number of benzene rings is 1. The summed E-state index contributed by atoms with van der Waals surface area (Å²) in [4.78, 5) is 13.3. The summed E-state index contributed by atoms with van der Waals surface area (Å²) in [5.74, 6) is 0.678. The summed E-state index contributed by atoms with van der Waals surface area (Å²) < 4.78 is 9.40. The minimum Gasteiger partial charge on any atom is -0.469 e. The molecule has 1 N–H and O–H groups in total. The zero-order valence-electron chi connectivity index (χ0n) is 12.7. The third-order valence-electron chi connectivity index (χ3n) is 3.67. The van der Waals surface area contributed by atoms with Crippen LogP contribution in [0.4, 0.5) is 0 Å². The van der Waals surface area contributed by atoms with Gasteiger partial charge in [-0.2, -0.15) is 0 Å². The summed E-state index contributed by atoms with van der Waals surface area (Å²) in [6, 6.07) is 13.7. The smallest absolute Gasteiger partial charge is 0.221 e. The number of nitrogens with zero attached hydrogens (tertiary/aromatic N) is 2. The molecule has 0 bridgehead atoms. The Balaban J connectivity index is 1.69. The fourth-order valence-corrected chi connectivity index (χ4v) is 2.98. The predicted molar refractivity (Wildman–Crippen MR) is 88.1 cm³/mol. The molecule has 3 aromatic rings. The molecule has 5 nitrogen and oxygen atoms in total. The van der Waals surface area contributed by atoms with Crippen LogP contribution in [0.5, 0.6) is 0 Å². The first-order chi connectivity index (χ1) is 11.2. The number of hydrogen-bond donors (Lipinski definition) is 1. The van der Waals surface area contributed by atoms with Gasteiger partial charge in [0.1, 0.15) is 5.76 Å². The third-order valence-corrected chi connectivity index (χ3v) is 4.49. The summed E-state index contributed by atoms with van der Waals surface area (Å²) in [5.41, 5.74) is 1.93. The van der Waals surface area contributed by atoms with Crippen molar-refractivity contribution in [3.8, 4) is 0 Å². The van der Waals surface area contributed by atoms with E-state index in [1.807, 2.05) is 49.4 Å². The fourth-order valence-electron chi connectivity index (χ4n) is 2.41. The number of aromatic nitrogens is 2. The molecule has 2 heterocycles. The molecule has 0 unspecified atom stereocenters. The van der Waals surface area contributed by atoms with E-state index in [2.05, 4.69) is 14.9 Å². The van der Waals surface area contributed by atoms with Crippen LogP contribution in [0.3, 0.4) is 0 Å². The lowest BCUT2D eigenvalue weighted by molar-refractivity contribution is -0.121. The Kier molecular flexibility index (Phi) is 4.83. The van der Waals surface area contributed by atoms with Crippen LogP contribution in [0.25, 0.3) is 0 Å². The molecule has 0 fully saturated rings. The molecule has 6 heteroatoms. The van der Waals surface area contributed by atoms with Crippen molar-refractivity contribution in [2.45, 2.75) is 25.8 Å². The predicted octanol–water partition coefficient (Wildman–Crippen LogP) is 3.28. The van der Waals surface area contributed by atoms with Crippen LogP contribution in [0.2, 0.25) is 0 Å². The van der Waals surface area contributed by atoms with E-state index in [0.29, 0.717) is 13.0 Å². The van der Waals surface area contributed by atoms with E-state index in [-0.39, 0.29) is 11.8 Å². The number of aryl methyl sites for hydroxylation is 1. The second kappa shape index (κ2) is 7.19. The average Bonchev–Trinajstić information content (AvgIpc) is 3.23. The van der Waals surface area contributed by atoms with Crippen molar-refractivity contribution in [3.05, 3.63) is 70.6 Å². The van der Waals surface area contributed by atoms with Gasteiger partial charge < -0.3 is 9.73 Å². The van der Waals surface area contributed by atoms with Gasteiger partial charge in [0, 0.05) is 6.42 Å². The van der Waals surface area contributed by atoms with Crippen LogP contribution in [0.15, 0.2) is 53.1 Å². The largest absolute Gasteiger partial charge is 0.469 e. The molecule has 0 aliphatic heterocycles. The number of amides is 1. The van der Waals surface area contributed by atoms with Crippen LogP contribution in [-0.2, 0) is 11.3 Å². The standard InChI is InChI=1S/C17H17N3O2S/c1-12-16(23-20-19-12)11-18-17(21)10-14(15-8-5-9-22-15)13-6-3-2-4-7-13/h2-9,14H,10-11H2,1H3,(H,18,21)/t14-/m0/s1. The molecule has 118 valence electrons. The van der Waals surface area contributed by atoms with Crippen LogP contribution < -0.4 is 5.32 Å². The van der Waals surface area contributed by atoms with Gasteiger partial charge in [-0.05, 0) is 36.2 Å². The zero-order valence-corrected chi connectivity index (χ0v) is 13.5. The Morgan fingerprint density at radius 1 is 1.26 bits per heavy atom. The van der Waals surface area contributed by atoms with Crippen molar-refractivity contribution in [3.63, 3.8) is 0 Å². The Morgan fingerprint density at radius 3 is 2.74 bits per heavy atom. The Labute approximate surface area is 138 Å². The van der Waals surface area contributed by atoms with Crippen molar-refractivity contribution in [1.29, 1.82) is 0 Å². The van der Waals surface area contributed by atoms with Gasteiger partial charge in [-0.1, -0.05) is 34.8 Å². The maximum atomic E-state index is 12.3. The number of carbonyl (C=O) groups is 1. The maximum absolute atomic E-state index is 12.3. The highest BCUT2D eigenvalue weighted by Crippen LogP contribution is 2.28. The first kappa shape index (κ1) is 15.4. The van der Waals surface area contributed by atoms with E-state index >= 15 is 0 Å². The highest BCUT2D eigenvalue weighted by Gasteiger charge is 2.20. The van der Waals surface area contributed by atoms with Crippen molar-refractivity contribution < 1.29 is 9.21 Å². The van der Waals surface area contributed by atoms with Gasteiger partial charge in [-0.25, -0.2) is 0 Å². The van der Waals surface area contributed by atoms with Gasteiger partial charge >= 0.3 is 0 Å². The minimum atomic E-state index is -0.0908.